The van der Waals surface area contributed by atoms with E-state index in [1.165, 1.54) is 19.3 Å². The molecule has 0 bridgehead atoms. The molecule has 3 aliphatic rings. The number of halogens is 2. The van der Waals surface area contributed by atoms with Crippen molar-refractivity contribution in [1.29, 1.82) is 0 Å². The summed E-state index contributed by atoms with van der Waals surface area (Å²) in [5.74, 6) is -0.337. The zero-order valence-electron chi connectivity index (χ0n) is 14.8. The van der Waals surface area contributed by atoms with E-state index < -0.39 is 5.92 Å². The van der Waals surface area contributed by atoms with Crippen molar-refractivity contribution < 1.29 is 9.59 Å². The third-order valence-electron chi connectivity index (χ3n) is 6.03. The van der Waals surface area contributed by atoms with Gasteiger partial charge in [-0.3, -0.25) is 9.59 Å². The second-order valence-corrected chi connectivity index (χ2v) is 8.54. The van der Waals surface area contributed by atoms with Crippen LogP contribution in [0.4, 0.5) is 0 Å². The minimum atomic E-state index is -0.411. The Morgan fingerprint density at radius 1 is 1.04 bits per heavy atom. The molecule has 1 unspecified atom stereocenters. The predicted molar refractivity (Wildman–Crippen MR) is 103 cm³/mol. The molecule has 0 saturated carbocycles. The SMILES string of the molecule is O=C1CC(C(=O)N2CCCC[C@@H]2CN2CCCC2)c2cc(Cl)c(Cl)cc21. The fraction of sp³-hybridized carbons (Fsp3) is 0.600. The fourth-order valence-electron chi connectivity index (χ4n) is 4.66. The summed E-state index contributed by atoms with van der Waals surface area (Å²) >= 11 is 12.2. The molecule has 1 aliphatic carbocycles. The lowest BCUT2D eigenvalue weighted by molar-refractivity contribution is -0.136. The van der Waals surface area contributed by atoms with Crippen LogP contribution in [0.3, 0.4) is 0 Å². The van der Waals surface area contributed by atoms with Crippen molar-refractivity contribution >= 4 is 34.9 Å². The number of hydrogen-bond acceptors (Lipinski definition) is 3. The van der Waals surface area contributed by atoms with Crippen molar-refractivity contribution in [3.05, 3.63) is 33.3 Å². The molecule has 0 aromatic heterocycles. The van der Waals surface area contributed by atoms with Gasteiger partial charge in [0, 0.05) is 31.1 Å². The fourth-order valence-corrected chi connectivity index (χ4v) is 5.00. The first kappa shape index (κ1) is 18.3. The topological polar surface area (TPSA) is 40.6 Å². The average molecular weight is 395 g/mol. The molecule has 4 rings (SSSR count). The van der Waals surface area contributed by atoms with E-state index >= 15 is 0 Å². The Hall–Kier alpha value is -1.10. The Kier molecular flexibility index (Phi) is 5.27. The van der Waals surface area contributed by atoms with E-state index in [0.717, 1.165) is 44.6 Å². The molecule has 2 saturated heterocycles. The standard InChI is InChI=1S/C20H24Cl2N2O2/c21-17-9-14-15(10-18(17)22)19(25)11-16(14)20(26)24-8-2-1-5-13(24)12-23-6-3-4-7-23/h9-10,13,16H,1-8,11-12H2/t13-,16?/m1/s1. The molecule has 1 aromatic rings. The van der Waals surface area contributed by atoms with Gasteiger partial charge in [0.25, 0.3) is 0 Å². The summed E-state index contributed by atoms with van der Waals surface area (Å²) in [7, 11) is 0. The van der Waals surface area contributed by atoms with Crippen LogP contribution < -0.4 is 0 Å². The Morgan fingerprint density at radius 3 is 2.50 bits per heavy atom. The highest BCUT2D eigenvalue weighted by Crippen LogP contribution is 2.39. The Morgan fingerprint density at radius 2 is 1.73 bits per heavy atom. The molecule has 2 heterocycles. The number of likely N-dealkylation sites (tertiary alicyclic amines) is 2. The number of amides is 1. The van der Waals surface area contributed by atoms with Gasteiger partial charge in [0.15, 0.2) is 5.78 Å². The monoisotopic (exact) mass is 394 g/mol. The first-order valence-corrected chi connectivity index (χ1v) is 10.3. The summed E-state index contributed by atoms with van der Waals surface area (Å²) in [5.41, 5.74) is 1.31. The molecular weight excluding hydrogens is 371 g/mol. The van der Waals surface area contributed by atoms with Gasteiger partial charge in [-0.25, -0.2) is 0 Å². The first-order valence-electron chi connectivity index (χ1n) is 9.59. The molecule has 2 atom stereocenters. The smallest absolute Gasteiger partial charge is 0.230 e. The first-order chi connectivity index (χ1) is 12.5. The molecule has 0 spiro atoms. The van der Waals surface area contributed by atoms with E-state index in [1.807, 2.05) is 4.90 Å². The van der Waals surface area contributed by atoms with E-state index in [-0.39, 0.29) is 24.2 Å². The molecule has 0 radical (unpaired) electrons. The van der Waals surface area contributed by atoms with Crippen molar-refractivity contribution in [3.63, 3.8) is 0 Å². The Balaban J connectivity index is 1.56. The number of carbonyl (C=O) groups is 2. The molecule has 2 fully saturated rings. The van der Waals surface area contributed by atoms with Gasteiger partial charge in [-0.1, -0.05) is 23.2 Å². The molecule has 2 aliphatic heterocycles. The summed E-state index contributed by atoms with van der Waals surface area (Å²) in [4.78, 5) is 30.3. The zero-order chi connectivity index (χ0) is 18.3. The molecule has 6 heteroatoms. The second-order valence-electron chi connectivity index (χ2n) is 7.72. The third-order valence-corrected chi connectivity index (χ3v) is 6.76. The number of Topliss-reactive ketones (excluding diaryl/α,β-unsaturated/α-hetero) is 1. The lowest BCUT2D eigenvalue weighted by Crippen LogP contribution is -2.50. The van der Waals surface area contributed by atoms with Crippen LogP contribution in [0.1, 0.15) is 60.4 Å². The van der Waals surface area contributed by atoms with Gasteiger partial charge in [-0.15, -0.1) is 0 Å². The lowest BCUT2D eigenvalue weighted by atomic mass is 9.95. The third kappa shape index (κ3) is 3.39. The highest BCUT2D eigenvalue weighted by Gasteiger charge is 2.40. The van der Waals surface area contributed by atoms with Gasteiger partial charge in [0.2, 0.25) is 5.91 Å². The Labute approximate surface area is 164 Å². The maximum Gasteiger partial charge on any atom is 0.230 e. The average Bonchev–Trinajstić information content (AvgIpc) is 3.24. The van der Waals surface area contributed by atoms with Crippen LogP contribution in [-0.2, 0) is 4.79 Å². The lowest BCUT2D eigenvalue weighted by Gasteiger charge is -2.39. The number of hydrogen-bond donors (Lipinski definition) is 0. The number of nitrogens with zero attached hydrogens (tertiary/aromatic N) is 2. The summed E-state index contributed by atoms with van der Waals surface area (Å²) < 4.78 is 0. The number of piperidine rings is 1. The van der Waals surface area contributed by atoms with Gasteiger partial charge >= 0.3 is 0 Å². The molecular formula is C20H24Cl2N2O2. The van der Waals surface area contributed by atoms with Gasteiger partial charge in [-0.2, -0.15) is 0 Å². The quantitative estimate of drug-likeness (QED) is 0.773. The van der Waals surface area contributed by atoms with Gasteiger partial charge in [0.05, 0.1) is 16.0 Å². The van der Waals surface area contributed by atoms with Gasteiger partial charge in [0.1, 0.15) is 0 Å². The largest absolute Gasteiger partial charge is 0.338 e. The van der Waals surface area contributed by atoms with Gasteiger partial charge in [-0.05, 0) is 62.9 Å². The highest BCUT2D eigenvalue weighted by atomic mass is 35.5. The zero-order valence-corrected chi connectivity index (χ0v) is 16.4. The molecule has 26 heavy (non-hydrogen) atoms. The Bertz CT molecular complexity index is 731. The molecule has 4 nitrogen and oxygen atoms in total. The van der Waals surface area contributed by atoms with Crippen LogP contribution in [-0.4, -0.2) is 53.7 Å². The maximum atomic E-state index is 13.4. The van der Waals surface area contributed by atoms with Crippen LogP contribution in [0.25, 0.3) is 0 Å². The molecule has 0 N–H and O–H groups in total. The van der Waals surface area contributed by atoms with Crippen molar-refractivity contribution in [2.45, 2.75) is 50.5 Å². The molecule has 140 valence electrons. The second kappa shape index (κ2) is 7.49. The van der Waals surface area contributed by atoms with Gasteiger partial charge < -0.3 is 9.80 Å². The predicted octanol–water partition coefficient (Wildman–Crippen LogP) is 4.14. The highest BCUT2D eigenvalue weighted by molar-refractivity contribution is 6.42. The number of fused-ring (bicyclic) bond motifs is 1. The van der Waals surface area contributed by atoms with Crippen LogP contribution in [0.5, 0.6) is 0 Å². The molecule has 1 aromatic carbocycles. The summed E-state index contributed by atoms with van der Waals surface area (Å²) in [5, 5.41) is 0.780. The number of carbonyl (C=O) groups excluding carboxylic acids is 2. The van der Waals surface area contributed by atoms with E-state index in [1.54, 1.807) is 12.1 Å². The molecule has 1 amide bonds. The number of rotatable bonds is 3. The van der Waals surface area contributed by atoms with E-state index in [4.69, 9.17) is 23.2 Å². The van der Waals surface area contributed by atoms with E-state index in [2.05, 4.69) is 4.90 Å². The number of ketones is 1. The van der Waals surface area contributed by atoms with Crippen LogP contribution in [0, 0.1) is 0 Å². The summed E-state index contributed by atoms with van der Waals surface area (Å²) in [6.07, 6.45) is 6.00. The number of benzene rings is 1. The van der Waals surface area contributed by atoms with Crippen molar-refractivity contribution in [2.75, 3.05) is 26.2 Å². The van der Waals surface area contributed by atoms with Crippen LogP contribution in [0.15, 0.2) is 12.1 Å². The van der Waals surface area contributed by atoms with Crippen LogP contribution in [0.2, 0.25) is 10.0 Å². The van der Waals surface area contributed by atoms with E-state index in [9.17, 15) is 9.59 Å². The minimum absolute atomic E-state index is 0.00924. The van der Waals surface area contributed by atoms with Crippen LogP contribution >= 0.6 is 23.2 Å². The van der Waals surface area contributed by atoms with Crippen molar-refractivity contribution in [1.82, 2.24) is 9.80 Å². The van der Waals surface area contributed by atoms with Crippen molar-refractivity contribution in [2.24, 2.45) is 0 Å². The van der Waals surface area contributed by atoms with E-state index in [0.29, 0.717) is 15.6 Å². The normalized spacial score (nSPS) is 26.4. The summed E-state index contributed by atoms with van der Waals surface area (Å²) in [6, 6.07) is 3.59. The van der Waals surface area contributed by atoms with Crippen molar-refractivity contribution in [3.8, 4) is 0 Å². The maximum absolute atomic E-state index is 13.4. The minimum Gasteiger partial charge on any atom is -0.338 e. The summed E-state index contributed by atoms with van der Waals surface area (Å²) in [6.45, 7) is 4.02.